The van der Waals surface area contributed by atoms with E-state index in [1.54, 1.807) is 7.11 Å². The molecular formula is C10H23IN4O2. The molecule has 0 aliphatic carbocycles. The Morgan fingerprint density at radius 2 is 2.35 bits per heavy atom. The summed E-state index contributed by atoms with van der Waals surface area (Å²) in [5, 5.41) is 13.0. The standard InChI is InChI=1S/C10H22N4O2.HI/c1-14-5-3-10(15,8-14)7-13-9(11)12-4-6-16-2;/h15H,3-8H2,1-2H3,(H3,11,12,13);1H. The Labute approximate surface area is 120 Å². The zero-order valence-electron chi connectivity index (χ0n) is 10.5. The summed E-state index contributed by atoms with van der Waals surface area (Å²) in [5.41, 5.74) is 4.92. The number of hydrogen-bond acceptors (Lipinski definition) is 4. The summed E-state index contributed by atoms with van der Waals surface area (Å²) >= 11 is 0. The Bertz CT molecular complexity index is 252. The molecule has 1 aliphatic heterocycles. The number of likely N-dealkylation sites (N-methyl/N-ethyl adjacent to an activating group) is 1. The van der Waals surface area contributed by atoms with Gasteiger partial charge in [0.15, 0.2) is 5.96 Å². The first-order valence-electron chi connectivity index (χ1n) is 5.49. The van der Waals surface area contributed by atoms with Gasteiger partial charge in [-0.25, -0.2) is 0 Å². The molecule has 0 bridgehead atoms. The van der Waals surface area contributed by atoms with Crippen LogP contribution in [0, 0.1) is 0 Å². The van der Waals surface area contributed by atoms with Crippen LogP contribution < -0.4 is 11.1 Å². The number of methoxy groups -OCH3 is 1. The molecule has 1 aliphatic rings. The number of aliphatic imine (C=N–C) groups is 1. The quantitative estimate of drug-likeness (QED) is 0.260. The van der Waals surface area contributed by atoms with Crippen molar-refractivity contribution < 1.29 is 9.84 Å². The summed E-state index contributed by atoms with van der Waals surface area (Å²) in [6, 6.07) is 0. The molecule has 1 heterocycles. The second-order valence-electron chi connectivity index (χ2n) is 4.33. The van der Waals surface area contributed by atoms with Gasteiger partial charge in [-0.2, -0.15) is 0 Å². The Hall–Kier alpha value is -0.120. The topological polar surface area (TPSA) is 83.1 Å². The Balaban J connectivity index is 0.00000256. The normalized spacial score (nSPS) is 25.7. The molecule has 0 aromatic heterocycles. The highest BCUT2D eigenvalue weighted by molar-refractivity contribution is 14.0. The van der Waals surface area contributed by atoms with Gasteiger partial charge in [-0.15, -0.1) is 24.0 Å². The van der Waals surface area contributed by atoms with Crippen LogP contribution in [0.3, 0.4) is 0 Å². The number of nitrogens with zero attached hydrogens (tertiary/aromatic N) is 2. The number of ether oxygens (including phenoxy) is 1. The lowest BCUT2D eigenvalue weighted by molar-refractivity contribution is 0.0614. The highest BCUT2D eigenvalue weighted by Crippen LogP contribution is 2.19. The fourth-order valence-electron chi connectivity index (χ4n) is 1.76. The molecule has 0 aromatic carbocycles. The largest absolute Gasteiger partial charge is 0.387 e. The molecule has 0 amide bonds. The summed E-state index contributed by atoms with van der Waals surface area (Å²) < 4.78 is 4.87. The molecule has 1 unspecified atom stereocenters. The van der Waals surface area contributed by atoms with E-state index < -0.39 is 5.60 Å². The van der Waals surface area contributed by atoms with Crippen LogP contribution in [0.25, 0.3) is 0 Å². The molecule has 7 heteroatoms. The van der Waals surface area contributed by atoms with Gasteiger partial charge in [-0.3, -0.25) is 4.99 Å². The van der Waals surface area contributed by atoms with Crippen molar-refractivity contribution >= 4 is 29.9 Å². The molecule has 0 saturated carbocycles. The predicted octanol–water partition coefficient (Wildman–Crippen LogP) is -0.778. The molecule has 17 heavy (non-hydrogen) atoms. The monoisotopic (exact) mass is 358 g/mol. The van der Waals surface area contributed by atoms with Crippen molar-refractivity contribution in [3.8, 4) is 0 Å². The zero-order chi connectivity index (χ0) is 12.0. The smallest absolute Gasteiger partial charge is 0.188 e. The summed E-state index contributed by atoms with van der Waals surface area (Å²) in [4.78, 5) is 6.22. The number of aliphatic hydroxyl groups is 1. The van der Waals surface area contributed by atoms with Crippen LogP contribution >= 0.6 is 24.0 Å². The predicted molar refractivity (Wildman–Crippen MR) is 78.8 cm³/mol. The van der Waals surface area contributed by atoms with Crippen LogP contribution in [-0.4, -0.2) is 68.5 Å². The van der Waals surface area contributed by atoms with Gasteiger partial charge in [0.05, 0.1) is 18.8 Å². The van der Waals surface area contributed by atoms with Crippen molar-refractivity contribution in [2.24, 2.45) is 10.7 Å². The van der Waals surface area contributed by atoms with Crippen LogP contribution in [0.5, 0.6) is 0 Å². The van der Waals surface area contributed by atoms with E-state index in [1.165, 1.54) is 0 Å². The molecule has 1 rings (SSSR count). The summed E-state index contributed by atoms with van der Waals surface area (Å²) in [7, 11) is 3.62. The molecule has 102 valence electrons. The number of β-amino-alcohol motifs (C(OH)–C–C–N with tert-alkyl or cyclic N) is 1. The van der Waals surface area contributed by atoms with Crippen LogP contribution in [0.2, 0.25) is 0 Å². The van der Waals surface area contributed by atoms with Crippen LogP contribution in [0.15, 0.2) is 4.99 Å². The molecule has 1 saturated heterocycles. The molecule has 0 radical (unpaired) electrons. The van der Waals surface area contributed by atoms with Crippen molar-refractivity contribution in [2.45, 2.75) is 12.0 Å². The maximum absolute atomic E-state index is 10.1. The summed E-state index contributed by atoms with van der Waals surface area (Å²) in [5.74, 6) is 0.361. The van der Waals surface area contributed by atoms with Gasteiger partial charge in [-0.1, -0.05) is 0 Å². The third-order valence-electron chi connectivity index (χ3n) is 2.68. The minimum atomic E-state index is -0.720. The van der Waals surface area contributed by atoms with E-state index in [0.29, 0.717) is 32.2 Å². The maximum Gasteiger partial charge on any atom is 0.188 e. The summed E-state index contributed by atoms with van der Waals surface area (Å²) in [6.07, 6.45) is 0.748. The molecular weight excluding hydrogens is 335 g/mol. The van der Waals surface area contributed by atoms with Crippen LogP contribution in [0.4, 0.5) is 0 Å². The number of guanidine groups is 1. The minimum Gasteiger partial charge on any atom is -0.387 e. The highest BCUT2D eigenvalue weighted by atomic mass is 127. The summed E-state index contributed by atoms with van der Waals surface area (Å²) in [6.45, 7) is 3.13. The van der Waals surface area contributed by atoms with Crippen LogP contribution in [0.1, 0.15) is 6.42 Å². The van der Waals surface area contributed by atoms with Crippen molar-refractivity contribution in [3.05, 3.63) is 0 Å². The van der Waals surface area contributed by atoms with E-state index in [2.05, 4.69) is 15.2 Å². The van der Waals surface area contributed by atoms with Crippen molar-refractivity contribution in [1.29, 1.82) is 0 Å². The Kier molecular flexibility index (Phi) is 8.01. The van der Waals surface area contributed by atoms with Gasteiger partial charge >= 0.3 is 0 Å². The van der Waals surface area contributed by atoms with Gasteiger partial charge in [0.1, 0.15) is 0 Å². The molecule has 4 N–H and O–H groups in total. The Morgan fingerprint density at radius 1 is 1.65 bits per heavy atom. The number of nitrogens with one attached hydrogen (secondary N) is 1. The van der Waals surface area contributed by atoms with E-state index in [4.69, 9.17) is 10.5 Å². The zero-order valence-corrected chi connectivity index (χ0v) is 12.8. The first kappa shape index (κ1) is 16.9. The number of nitrogens with two attached hydrogens (primary N) is 1. The minimum absolute atomic E-state index is 0. The third-order valence-corrected chi connectivity index (χ3v) is 2.68. The van der Waals surface area contributed by atoms with E-state index >= 15 is 0 Å². The van der Waals surface area contributed by atoms with Crippen molar-refractivity contribution in [1.82, 2.24) is 10.2 Å². The second-order valence-corrected chi connectivity index (χ2v) is 4.33. The average Bonchev–Trinajstić information content (AvgIpc) is 2.57. The molecule has 0 aromatic rings. The van der Waals surface area contributed by atoms with Crippen molar-refractivity contribution in [3.63, 3.8) is 0 Å². The van der Waals surface area contributed by atoms with Gasteiger partial charge in [0.25, 0.3) is 0 Å². The number of rotatable bonds is 5. The van der Waals surface area contributed by atoms with Crippen LogP contribution in [-0.2, 0) is 4.74 Å². The lowest BCUT2D eigenvalue weighted by Gasteiger charge is -2.20. The second kappa shape index (κ2) is 8.06. The molecule has 0 spiro atoms. The SMILES string of the molecule is COCCNC(N)=NCC1(O)CCN(C)C1.I. The van der Waals surface area contributed by atoms with Gasteiger partial charge in [0, 0.05) is 26.7 Å². The number of likely N-dealkylation sites (tertiary alicyclic amines) is 1. The van der Waals surface area contributed by atoms with Gasteiger partial charge in [-0.05, 0) is 13.5 Å². The molecule has 1 fully saturated rings. The average molecular weight is 358 g/mol. The maximum atomic E-state index is 10.1. The fourth-order valence-corrected chi connectivity index (χ4v) is 1.76. The first-order chi connectivity index (χ1) is 7.56. The fraction of sp³-hybridized carbons (Fsp3) is 0.900. The lowest BCUT2D eigenvalue weighted by Crippen LogP contribution is -2.39. The lowest BCUT2D eigenvalue weighted by atomic mass is 10.0. The Morgan fingerprint density at radius 3 is 2.88 bits per heavy atom. The van der Waals surface area contributed by atoms with Gasteiger partial charge in [0.2, 0.25) is 0 Å². The van der Waals surface area contributed by atoms with Crippen molar-refractivity contribution in [2.75, 3.05) is 46.9 Å². The highest BCUT2D eigenvalue weighted by Gasteiger charge is 2.33. The third kappa shape index (κ3) is 6.39. The first-order valence-corrected chi connectivity index (χ1v) is 5.49. The number of halogens is 1. The van der Waals surface area contributed by atoms with E-state index in [-0.39, 0.29) is 24.0 Å². The molecule has 6 nitrogen and oxygen atoms in total. The van der Waals surface area contributed by atoms with E-state index in [9.17, 15) is 5.11 Å². The van der Waals surface area contributed by atoms with E-state index in [1.807, 2.05) is 7.05 Å². The van der Waals surface area contributed by atoms with E-state index in [0.717, 1.165) is 13.0 Å². The molecule has 1 atom stereocenters. The van der Waals surface area contributed by atoms with Gasteiger partial charge < -0.3 is 25.8 Å². The number of hydrogen-bond donors (Lipinski definition) is 3.